The Kier molecular flexibility index (Phi) is 8.07. The molecule has 0 atom stereocenters. The molecule has 0 aliphatic heterocycles. The van der Waals surface area contributed by atoms with Crippen LogP contribution in [0.5, 0.6) is 5.75 Å². The molecule has 0 bridgehead atoms. The van der Waals surface area contributed by atoms with Gasteiger partial charge in [-0.05, 0) is 62.8 Å². The van der Waals surface area contributed by atoms with Crippen LogP contribution in [0.25, 0.3) is 0 Å². The summed E-state index contributed by atoms with van der Waals surface area (Å²) in [5.41, 5.74) is 1.46. The molecule has 0 unspecified atom stereocenters. The summed E-state index contributed by atoms with van der Waals surface area (Å²) in [6.07, 6.45) is -0.445. The van der Waals surface area contributed by atoms with E-state index in [4.69, 9.17) is 21.7 Å². The third-order valence-electron chi connectivity index (χ3n) is 3.44. The van der Waals surface area contributed by atoms with E-state index in [0.717, 1.165) is 17.0 Å². The number of alkyl carbamates (subject to hydrolysis) is 1. The van der Waals surface area contributed by atoms with E-state index in [9.17, 15) is 4.79 Å². The van der Waals surface area contributed by atoms with Crippen molar-refractivity contribution in [1.82, 2.24) is 10.6 Å². The normalized spacial score (nSPS) is 10.7. The molecule has 0 aliphatic carbocycles. The van der Waals surface area contributed by atoms with Gasteiger partial charge in [-0.25, -0.2) is 4.79 Å². The molecule has 0 spiro atoms. The van der Waals surface area contributed by atoms with Gasteiger partial charge in [0.1, 0.15) is 18.0 Å². The number of rotatable bonds is 7. The Bertz CT molecular complexity index is 759. The van der Waals surface area contributed by atoms with Crippen LogP contribution in [0.2, 0.25) is 0 Å². The van der Waals surface area contributed by atoms with Gasteiger partial charge < -0.3 is 25.4 Å². The van der Waals surface area contributed by atoms with Gasteiger partial charge in [-0.3, -0.25) is 0 Å². The molecule has 1 amide bonds. The Morgan fingerprint density at radius 2 is 1.61 bits per heavy atom. The quantitative estimate of drug-likeness (QED) is 0.480. The zero-order valence-electron chi connectivity index (χ0n) is 16.5. The van der Waals surface area contributed by atoms with Crippen LogP contribution in [0.4, 0.5) is 10.5 Å². The summed E-state index contributed by atoms with van der Waals surface area (Å²) in [7, 11) is 0. The minimum absolute atomic E-state index is 0.406. The Morgan fingerprint density at radius 1 is 0.964 bits per heavy atom. The summed E-state index contributed by atoms with van der Waals surface area (Å²) in [5.74, 6) is 0.787. The van der Waals surface area contributed by atoms with Gasteiger partial charge in [-0.2, -0.15) is 0 Å². The maximum absolute atomic E-state index is 11.5. The number of amides is 1. The Morgan fingerprint density at radius 3 is 2.25 bits per heavy atom. The van der Waals surface area contributed by atoms with Crippen molar-refractivity contribution >= 4 is 29.1 Å². The summed E-state index contributed by atoms with van der Waals surface area (Å²) in [5, 5.41) is 9.26. The molecular weight excluding hydrogens is 374 g/mol. The number of carbonyl (C=O) groups is 1. The summed E-state index contributed by atoms with van der Waals surface area (Å²) < 4.78 is 10.9. The van der Waals surface area contributed by atoms with Crippen LogP contribution >= 0.6 is 12.2 Å². The summed E-state index contributed by atoms with van der Waals surface area (Å²) in [6.45, 7) is 6.89. The van der Waals surface area contributed by atoms with E-state index < -0.39 is 11.7 Å². The van der Waals surface area contributed by atoms with Crippen molar-refractivity contribution in [1.29, 1.82) is 0 Å². The van der Waals surface area contributed by atoms with Crippen molar-refractivity contribution in [3.63, 3.8) is 0 Å². The van der Waals surface area contributed by atoms with Crippen LogP contribution in [0.3, 0.4) is 0 Å². The molecule has 2 aromatic carbocycles. The first-order chi connectivity index (χ1) is 13.3. The number of carbonyl (C=O) groups excluding carboxylic acids is 1. The SMILES string of the molecule is CC(C)(C)OC(=O)NCCNC(=S)Nc1ccc(OCc2ccccc2)cc1. The lowest BCUT2D eigenvalue weighted by molar-refractivity contribution is 0.0529. The number of anilines is 1. The molecular formula is C21H27N3O3S. The van der Waals surface area contributed by atoms with Crippen molar-refractivity contribution in [2.45, 2.75) is 33.0 Å². The Hall–Kier alpha value is -2.80. The van der Waals surface area contributed by atoms with Gasteiger partial charge in [0, 0.05) is 18.8 Å². The highest BCUT2D eigenvalue weighted by Crippen LogP contribution is 2.17. The van der Waals surface area contributed by atoms with Crippen molar-refractivity contribution in [3.05, 3.63) is 60.2 Å². The Balaban J connectivity index is 1.66. The summed E-state index contributed by atoms with van der Waals surface area (Å²) in [4.78, 5) is 11.5. The smallest absolute Gasteiger partial charge is 0.407 e. The van der Waals surface area contributed by atoms with Crippen molar-refractivity contribution in [2.24, 2.45) is 0 Å². The summed E-state index contributed by atoms with van der Waals surface area (Å²) >= 11 is 5.25. The first kappa shape index (κ1) is 21.5. The molecule has 0 saturated carbocycles. The number of hydrogen-bond donors (Lipinski definition) is 3. The lowest BCUT2D eigenvalue weighted by Gasteiger charge is -2.19. The monoisotopic (exact) mass is 401 g/mol. The molecule has 150 valence electrons. The van der Waals surface area contributed by atoms with Gasteiger partial charge in [0.15, 0.2) is 5.11 Å². The molecule has 28 heavy (non-hydrogen) atoms. The second-order valence-corrected chi connectivity index (χ2v) is 7.52. The number of thiocarbonyl (C=S) groups is 1. The first-order valence-electron chi connectivity index (χ1n) is 9.10. The second kappa shape index (κ2) is 10.5. The van der Waals surface area contributed by atoms with E-state index in [2.05, 4.69) is 16.0 Å². The number of nitrogens with one attached hydrogen (secondary N) is 3. The van der Waals surface area contributed by atoms with E-state index in [1.165, 1.54) is 0 Å². The average Bonchev–Trinajstić information content (AvgIpc) is 2.64. The van der Waals surface area contributed by atoms with Crippen molar-refractivity contribution in [3.8, 4) is 5.75 Å². The molecule has 0 aliphatic rings. The maximum atomic E-state index is 11.5. The second-order valence-electron chi connectivity index (χ2n) is 7.11. The molecule has 2 rings (SSSR count). The minimum atomic E-state index is -0.509. The van der Waals surface area contributed by atoms with Crippen LogP contribution in [-0.2, 0) is 11.3 Å². The van der Waals surface area contributed by atoms with E-state index in [1.54, 1.807) is 0 Å². The fourth-order valence-electron chi connectivity index (χ4n) is 2.21. The molecule has 0 heterocycles. The van der Waals surface area contributed by atoms with Gasteiger partial charge in [-0.1, -0.05) is 30.3 Å². The van der Waals surface area contributed by atoms with E-state index in [-0.39, 0.29) is 0 Å². The molecule has 0 fully saturated rings. The largest absolute Gasteiger partial charge is 0.489 e. The third-order valence-corrected chi connectivity index (χ3v) is 3.69. The highest BCUT2D eigenvalue weighted by atomic mass is 32.1. The van der Waals surface area contributed by atoms with Gasteiger partial charge in [0.25, 0.3) is 0 Å². The summed E-state index contributed by atoms with van der Waals surface area (Å²) in [6, 6.07) is 17.6. The fourth-order valence-corrected chi connectivity index (χ4v) is 2.43. The zero-order valence-corrected chi connectivity index (χ0v) is 17.3. The van der Waals surface area contributed by atoms with E-state index in [1.807, 2.05) is 75.4 Å². The highest BCUT2D eigenvalue weighted by molar-refractivity contribution is 7.80. The van der Waals surface area contributed by atoms with Gasteiger partial charge in [0.05, 0.1) is 0 Å². The predicted molar refractivity (Wildman–Crippen MR) is 116 cm³/mol. The molecule has 3 N–H and O–H groups in total. The van der Waals surface area contributed by atoms with Gasteiger partial charge >= 0.3 is 6.09 Å². The zero-order chi connectivity index (χ0) is 20.4. The molecule has 6 nitrogen and oxygen atoms in total. The molecule has 0 radical (unpaired) electrons. The number of hydrogen-bond acceptors (Lipinski definition) is 4. The van der Waals surface area contributed by atoms with Crippen molar-refractivity contribution < 1.29 is 14.3 Å². The Labute approximate surface area is 171 Å². The van der Waals surface area contributed by atoms with Crippen LogP contribution in [0.15, 0.2) is 54.6 Å². The van der Waals surface area contributed by atoms with Crippen LogP contribution in [0.1, 0.15) is 26.3 Å². The lowest BCUT2D eigenvalue weighted by atomic mass is 10.2. The van der Waals surface area contributed by atoms with Crippen LogP contribution in [-0.4, -0.2) is 29.9 Å². The maximum Gasteiger partial charge on any atom is 0.407 e. The average molecular weight is 402 g/mol. The fraction of sp³-hybridized carbons (Fsp3) is 0.333. The van der Waals surface area contributed by atoms with Crippen molar-refractivity contribution in [2.75, 3.05) is 18.4 Å². The molecule has 0 saturated heterocycles. The molecule has 2 aromatic rings. The van der Waals surface area contributed by atoms with E-state index >= 15 is 0 Å². The van der Waals surface area contributed by atoms with E-state index in [0.29, 0.717) is 24.8 Å². The minimum Gasteiger partial charge on any atom is -0.489 e. The number of ether oxygens (including phenoxy) is 2. The van der Waals surface area contributed by atoms with Gasteiger partial charge in [-0.15, -0.1) is 0 Å². The first-order valence-corrected chi connectivity index (χ1v) is 9.51. The topological polar surface area (TPSA) is 71.6 Å². The number of benzene rings is 2. The molecule has 0 aromatic heterocycles. The molecule has 7 heteroatoms. The lowest BCUT2D eigenvalue weighted by Crippen LogP contribution is -2.39. The van der Waals surface area contributed by atoms with Gasteiger partial charge in [0.2, 0.25) is 0 Å². The van der Waals surface area contributed by atoms with Crippen LogP contribution < -0.4 is 20.7 Å². The predicted octanol–water partition coefficient (Wildman–Crippen LogP) is 4.08. The third kappa shape index (κ3) is 8.73. The van der Waals surface area contributed by atoms with Crippen LogP contribution in [0, 0.1) is 0 Å². The highest BCUT2D eigenvalue weighted by Gasteiger charge is 2.15. The standard InChI is InChI=1S/C21H27N3O3S/c1-21(2,3)27-20(25)23-14-13-22-19(28)24-17-9-11-18(12-10-17)26-15-16-7-5-4-6-8-16/h4-12H,13-15H2,1-3H3,(H,23,25)(H2,22,24,28).